The number of amides is 1. The van der Waals surface area contributed by atoms with Gasteiger partial charge in [-0.15, -0.1) is 0 Å². The van der Waals surface area contributed by atoms with Crippen molar-refractivity contribution >= 4 is 11.6 Å². The van der Waals surface area contributed by atoms with Gasteiger partial charge in [-0.05, 0) is 50.7 Å². The number of nitrogens with zero attached hydrogens (tertiary/aromatic N) is 1. The number of benzene rings is 1. The molecule has 0 radical (unpaired) electrons. The molecule has 3 heteroatoms. The van der Waals surface area contributed by atoms with Gasteiger partial charge in [0.2, 0.25) is 5.91 Å². The SMILES string of the molecule is CC1CCCN(C(=O)C2Cc3ccccc3NC2C)C1C. The maximum absolute atomic E-state index is 13.0. The number of hydrogen-bond donors (Lipinski definition) is 1. The molecule has 0 aliphatic carbocycles. The number of carbonyl (C=O) groups excluding carboxylic acids is 1. The largest absolute Gasteiger partial charge is 0.382 e. The molecule has 0 bridgehead atoms. The minimum atomic E-state index is 0.0626. The van der Waals surface area contributed by atoms with Crippen molar-refractivity contribution in [3.05, 3.63) is 29.8 Å². The van der Waals surface area contributed by atoms with Crippen molar-refractivity contribution in [2.24, 2.45) is 11.8 Å². The Labute approximate surface area is 127 Å². The van der Waals surface area contributed by atoms with E-state index in [0.717, 1.165) is 19.4 Å². The smallest absolute Gasteiger partial charge is 0.228 e. The average Bonchev–Trinajstić information content (AvgIpc) is 2.48. The lowest BCUT2D eigenvalue weighted by Crippen LogP contribution is -2.52. The first-order valence-electron chi connectivity index (χ1n) is 8.23. The van der Waals surface area contributed by atoms with Crippen LogP contribution in [0.4, 0.5) is 5.69 Å². The monoisotopic (exact) mass is 286 g/mol. The third-order valence-electron chi connectivity index (χ3n) is 5.42. The fourth-order valence-corrected chi connectivity index (χ4v) is 3.76. The van der Waals surface area contributed by atoms with Crippen LogP contribution in [-0.4, -0.2) is 29.4 Å². The lowest BCUT2D eigenvalue weighted by Gasteiger charge is -2.42. The Morgan fingerprint density at radius 2 is 2.00 bits per heavy atom. The molecule has 2 aliphatic heterocycles. The number of nitrogens with one attached hydrogen (secondary N) is 1. The molecule has 4 atom stereocenters. The maximum Gasteiger partial charge on any atom is 0.228 e. The molecule has 1 aromatic rings. The molecule has 21 heavy (non-hydrogen) atoms. The van der Waals surface area contributed by atoms with Gasteiger partial charge in [-0.2, -0.15) is 0 Å². The minimum absolute atomic E-state index is 0.0626. The molecule has 0 saturated carbocycles. The molecule has 2 aliphatic rings. The standard InChI is InChI=1S/C18H26N2O/c1-12-7-6-10-20(14(12)3)18(21)16-11-15-8-4-5-9-17(15)19-13(16)2/h4-5,8-9,12-14,16,19H,6-7,10-11H2,1-3H3. The third-order valence-corrected chi connectivity index (χ3v) is 5.42. The van der Waals surface area contributed by atoms with Crippen molar-refractivity contribution in [3.63, 3.8) is 0 Å². The highest BCUT2D eigenvalue weighted by atomic mass is 16.2. The molecule has 1 saturated heterocycles. The summed E-state index contributed by atoms with van der Waals surface area (Å²) in [6.07, 6.45) is 3.25. The van der Waals surface area contributed by atoms with Gasteiger partial charge in [0.15, 0.2) is 0 Å². The summed E-state index contributed by atoms with van der Waals surface area (Å²) < 4.78 is 0. The van der Waals surface area contributed by atoms with Crippen LogP contribution in [0.25, 0.3) is 0 Å². The highest BCUT2D eigenvalue weighted by Gasteiger charge is 2.37. The molecule has 1 aromatic carbocycles. The van der Waals surface area contributed by atoms with Crippen LogP contribution >= 0.6 is 0 Å². The quantitative estimate of drug-likeness (QED) is 0.859. The second kappa shape index (κ2) is 5.70. The molecule has 4 unspecified atom stereocenters. The van der Waals surface area contributed by atoms with Crippen molar-refractivity contribution in [3.8, 4) is 0 Å². The van der Waals surface area contributed by atoms with Crippen LogP contribution < -0.4 is 5.32 Å². The van der Waals surface area contributed by atoms with E-state index in [4.69, 9.17) is 0 Å². The van der Waals surface area contributed by atoms with Gasteiger partial charge in [0.25, 0.3) is 0 Å². The number of rotatable bonds is 1. The van der Waals surface area contributed by atoms with Crippen LogP contribution in [0.15, 0.2) is 24.3 Å². The summed E-state index contributed by atoms with van der Waals surface area (Å²) in [5.41, 5.74) is 2.46. The van der Waals surface area contributed by atoms with Gasteiger partial charge < -0.3 is 10.2 Å². The number of anilines is 1. The summed E-state index contributed by atoms with van der Waals surface area (Å²) in [5, 5.41) is 3.51. The van der Waals surface area contributed by atoms with Crippen molar-refractivity contribution in [1.29, 1.82) is 0 Å². The van der Waals surface area contributed by atoms with Gasteiger partial charge in [-0.3, -0.25) is 4.79 Å². The molecule has 1 N–H and O–H groups in total. The van der Waals surface area contributed by atoms with E-state index in [2.05, 4.69) is 55.3 Å². The van der Waals surface area contributed by atoms with Crippen LogP contribution in [0.5, 0.6) is 0 Å². The first-order chi connectivity index (χ1) is 10.1. The van der Waals surface area contributed by atoms with E-state index in [9.17, 15) is 4.79 Å². The van der Waals surface area contributed by atoms with E-state index in [1.54, 1.807) is 0 Å². The summed E-state index contributed by atoms with van der Waals surface area (Å²) in [6.45, 7) is 7.53. The summed E-state index contributed by atoms with van der Waals surface area (Å²) in [6, 6.07) is 8.93. The summed E-state index contributed by atoms with van der Waals surface area (Å²) >= 11 is 0. The Balaban J connectivity index is 1.79. The molecule has 2 heterocycles. The second-order valence-corrected chi connectivity index (χ2v) is 6.79. The van der Waals surface area contributed by atoms with E-state index < -0.39 is 0 Å². The van der Waals surface area contributed by atoms with Gasteiger partial charge in [0.1, 0.15) is 0 Å². The Bertz CT molecular complexity index is 528. The number of carbonyl (C=O) groups is 1. The Morgan fingerprint density at radius 1 is 1.24 bits per heavy atom. The van der Waals surface area contributed by atoms with Crippen molar-refractivity contribution < 1.29 is 4.79 Å². The molecule has 0 spiro atoms. The molecular formula is C18H26N2O. The molecular weight excluding hydrogens is 260 g/mol. The summed E-state index contributed by atoms with van der Waals surface area (Å²) in [5.74, 6) is 1.01. The average molecular weight is 286 g/mol. The Hall–Kier alpha value is -1.51. The Morgan fingerprint density at radius 3 is 2.81 bits per heavy atom. The number of hydrogen-bond acceptors (Lipinski definition) is 2. The predicted octanol–water partition coefficient (Wildman–Crippen LogP) is 3.31. The summed E-state index contributed by atoms with van der Waals surface area (Å²) in [7, 11) is 0. The van der Waals surface area contributed by atoms with E-state index in [1.165, 1.54) is 17.7 Å². The summed E-state index contributed by atoms with van der Waals surface area (Å²) in [4.78, 5) is 15.1. The lowest BCUT2D eigenvalue weighted by atomic mass is 9.84. The van der Waals surface area contributed by atoms with Gasteiger partial charge >= 0.3 is 0 Å². The van der Waals surface area contributed by atoms with Crippen LogP contribution in [0.2, 0.25) is 0 Å². The van der Waals surface area contributed by atoms with Crippen molar-refractivity contribution in [2.75, 3.05) is 11.9 Å². The van der Waals surface area contributed by atoms with Crippen molar-refractivity contribution in [2.45, 2.75) is 52.1 Å². The first kappa shape index (κ1) is 14.4. The highest BCUT2D eigenvalue weighted by Crippen LogP contribution is 2.31. The minimum Gasteiger partial charge on any atom is -0.382 e. The van der Waals surface area contributed by atoms with Gasteiger partial charge in [0, 0.05) is 24.3 Å². The zero-order chi connectivity index (χ0) is 15.0. The van der Waals surface area contributed by atoms with Crippen LogP contribution in [0.3, 0.4) is 0 Å². The van der Waals surface area contributed by atoms with E-state index >= 15 is 0 Å². The van der Waals surface area contributed by atoms with Gasteiger partial charge in [-0.25, -0.2) is 0 Å². The van der Waals surface area contributed by atoms with Crippen molar-refractivity contribution in [1.82, 2.24) is 4.90 Å². The zero-order valence-electron chi connectivity index (χ0n) is 13.3. The number of fused-ring (bicyclic) bond motifs is 1. The van der Waals surface area contributed by atoms with Crippen LogP contribution in [-0.2, 0) is 11.2 Å². The molecule has 1 amide bonds. The molecule has 3 nitrogen and oxygen atoms in total. The van der Waals surface area contributed by atoms with Gasteiger partial charge in [0.05, 0.1) is 5.92 Å². The van der Waals surface area contributed by atoms with E-state index in [1.807, 2.05) is 0 Å². The highest BCUT2D eigenvalue weighted by molar-refractivity contribution is 5.82. The fraction of sp³-hybridized carbons (Fsp3) is 0.611. The van der Waals surface area contributed by atoms with Crippen LogP contribution in [0.1, 0.15) is 39.2 Å². The Kier molecular flexibility index (Phi) is 3.92. The van der Waals surface area contributed by atoms with E-state index in [-0.39, 0.29) is 12.0 Å². The van der Waals surface area contributed by atoms with Crippen LogP contribution in [0, 0.1) is 11.8 Å². The number of para-hydroxylation sites is 1. The molecule has 0 aromatic heterocycles. The maximum atomic E-state index is 13.0. The second-order valence-electron chi connectivity index (χ2n) is 6.79. The topological polar surface area (TPSA) is 32.3 Å². The molecule has 3 rings (SSSR count). The third kappa shape index (κ3) is 2.66. The number of likely N-dealkylation sites (tertiary alicyclic amines) is 1. The number of piperidine rings is 1. The fourth-order valence-electron chi connectivity index (χ4n) is 3.76. The lowest BCUT2D eigenvalue weighted by molar-refractivity contribution is -0.140. The molecule has 114 valence electrons. The van der Waals surface area contributed by atoms with E-state index in [0.29, 0.717) is 17.9 Å². The van der Waals surface area contributed by atoms with Gasteiger partial charge in [-0.1, -0.05) is 25.1 Å². The predicted molar refractivity (Wildman–Crippen MR) is 86.3 cm³/mol. The normalized spacial score (nSPS) is 32.2. The zero-order valence-corrected chi connectivity index (χ0v) is 13.3. The molecule has 1 fully saturated rings. The first-order valence-corrected chi connectivity index (χ1v) is 8.23.